The number of hydrogen-bond acceptors (Lipinski definition) is 6. The van der Waals surface area contributed by atoms with Crippen LogP contribution in [0.1, 0.15) is 41.3 Å². The summed E-state index contributed by atoms with van der Waals surface area (Å²) in [6, 6.07) is 4.76. The van der Waals surface area contributed by atoms with Crippen molar-refractivity contribution >= 4 is 11.8 Å². The largest absolute Gasteiger partial charge is 0.501 e. The molecule has 1 fully saturated rings. The quantitative estimate of drug-likeness (QED) is 0.669. The van der Waals surface area contributed by atoms with E-state index in [1.807, 2.05) is 0 Å². The smallest absolute Gasteiger partial charge is 0.296 e. The SMILES string of the molecule is CC(=O)N1C[C@H](O)C[C@@H]1c1nc(C(=O)NCc2ccc(F)cc2)c(O)c(=O)n1C. The van der Waals surface area contributed by atoms with Crippen LogP contribution >= 0.6 is 0 Å². The molecule has 2 heterocycles. The highest BCUT2D eigenvalue weighted by Crippen LogP contribution is 2.31. The Morgan fingerprint density at radius 2 is 1.97 bits per heavy atom. The minimum Gasteiger partial charge on any atom is -0.501 e. The highest BCUT2D eigenvalue weighted by Gasteiger charge is 2.37. The predicted octanol–water partition coefficient (Wildman–Crippen LogP) is 0.209. The summed E-state index contributed by atoms with van der Waals surface area (Å²) in [6.45, 7) is 1.45. The summed E-state index contributed by atoms with van der Waals surface area (Å²) >= 11 is 0. The van der Waals surface area contributed by atoms with Crippen LogP contribution in [0.25, 0.3) is 0 Å². The van der Waals surface area contributed by atoms with Gasteiger partial charge in [-0.2, -0.15) is 0 Å². The van der Waals surface area contributed by atoms with E-state index in [0.717, 1.165) is 4.57 Å². The van der Waals surface area contributed by atoms with Crippen LogP contribution in [0.15, 0.2) is 29.1 Å². The second kappa shape index (κ2) is 8.00. The molecule has 0 radical (unpaired) electrons. The molecular weight excluding hydrogens is 383 g/mol. The second-order valence-corrected chi connectivity index (χ2v) is 6.92. The van der Waals surface area contributed by atoms with Gasteiger partial charge in [-0.25, -0.2) is 9.37 Å². The number of aromatic nitrogens is 2. The lowest BCUT2D eigenvalue weighted by atomic mass is 10.1. The van der Waals surface area contributed by atoms with E-state index in [2.05, 4.69) is 10.3 Å². The summed E-state index contributed by atoms with van der Waals surface area (Å²) < 4.78 is 14.0. The van der Waals surface area contributed by atoms with Crippen molar-refractivity contribution in [2.45, 2.75) is 32.0 Å². The summed E-state index contributed by atoms with van der Waals surface area (Å²) in [5.41, 5.74) is -0.702. The summed E-state index contributed by atoms with van der Waals surface area (Å²) in [6.07, 6.45) is -0.633. The Kier molecular flexibility index (Phi) is 5.64. The number of halogens is 1. The van der Waals surface area contributed by atoms with E-state index in [9.17, 15) is 29.0 Å². The number of benzene rings is 1. The van der Waals surface area contributed by atoms with Crippen molar-refractivity contribution in [3.05, 3.63) is 57.5 Å². The van der Waals surface area contributed by atoms with E-state index < -0.39 is 40.9 Å². The zero-order chi connectivity index (χ0) is 21.3. The van der Waals surface area contributed by atoms with E-state index in [0.29, 0.717) is 5.56 Å². The molecule has 2 amide bonds. The van der Waals surface area contributed by atoms with Gasteiger partial charge < -0.3 is 20.4 Å². The summed E-state index contributed by atoms with van der Waals surface area (Å²) in [4.78, 5) is 42.4. The number of aliphatic hydroxyl groups excluding tert-OH is 1. The molecular formula is C19H21FN4O5. The van der Waals surface area contributed by atoms with Crippen LogP contribution in [0, 0.1) is 5.82 Å². The fourth-order valence-electron chi connectivity index (χ4n) is 3.34. The van der Waals surface area contributed by atoms with Gasteiger partial charge in [0.05, 0.1) is 12.1 Å². The molecule has 10 heteroatoms. The van der Waals surface area contributed by atoms with Crippen molar-refractivity contribution in [1.82, 2.24) is 19.8 Å². The van der Waals surface area contributed by atoms with E-state index >= 15 is 0 Å². The molecule has 3 rings (SSSR count). The molecule has 29 heavy (non-hydrogen) atoms. The maximum absolute atomic E-state index is 13.0. The average molecular weight is 404 g/mol. The number of carbonyl (C=O) groups is 2. The zero-order valence-electron chi connectivity index (χ0n) is 15.9. The monoisotopic (exact) mass is 404 g/mol. The van der Waals surface area contributed by atoms with Gasteiger partial charge in [0.2, 0.25) is 11.7 Å². The second-order valence-electron chi connectivity index (χ2n) is 6.92. The molecule has 1 saturated heterocycles. The number of hydrogen-bond donors (Lipinski definition) is 3. The molecule has 0 unspecified atom stereocenters. The van der Waals surface area contributed by atoms with E-state index in [1.54, 1.807) is 0 Å². The normalized spacial score (nSPS) is 18.7. The molecule has 2 atom stereocenters. The highest BCUT2D eigenvalue weighted by atomic mass is 19.1. The van der Waals surface area contributed by atoms with Crippen LogP contribution in [0.3, 0.4) is 0 Å². The third kappa shape index (κ3) is 4.11. The predicted molar refractivity (Wildman–Crippen MR) is 99.5 cm³/mol. The van der Waals surface area contributed by atoms with Crippen LogP contribution in [0.5, 0.6) is 5.75 Å². The molecule has 1 aromatic heterocycles. The fourth-order valence-corrected chi connectivity index (χ4v) is 3.34. The lowest BCUT2D eigenvalue weighted by Gasteiger charge is -2.24. The van der Waals surface area contributed by atoms with Crippen molar-refractivity contribution in [1.29, 1.82) is 0 Å². The van der Waals surface area contributed by atoms with Gasteiger partial charge in [-0.3, -0.25) is 19.0 Å². The molecule has 0 saturated carbocycles. The third-order valence-corrected chi connectivity index (χ3v) is 4.86. The minimum atomic E-state index is -0.841. The molecule has 2 aromatic rings. The Morgan fingerprint density at radius 3 is 2.59 bits per heavy atom. The highest BCUT2D eigenvalue weighted by molar-refractivity contribution is 5.94. The number of amides is 2. The van der Waals surface area contributed by atoms with Crippen LogP contribution < -0.4 is 10.9 Å². The van der Waals surface area contributed by atoms with Crippen LogP contribution in [-0.4, -0.2) is 49.1 Å². The molecule has 3 N–H and O–H groups in total. The first-order chi connectivity index (χ1) is 13.7. The van der Waals surface area contributed by atoms with E-state index in [1.165, 1.54) is 43.1 Å². The molecule has 0 bridgehead atoms. The van der Waals surface area contributed by atoms with E-state index in [4.69, 9.17) is 0 Å². The van der Waals surface area contributed by atoms with Crippen LogP contribution in [-0.2, 0) is 18.4 Å². The first-order valence-electron chi connectivity index (χ1n) is 8.96. The zero-order valence-corrected chi connectivity index (χ0v) is 15.9. The lowest BCUT2D eigenvalue weighted by molar-refractivity contribution is -0.130. The van der Waals surface area contributed by atoms with Crippen LogP contribution in [0.2, 0.25) is 0 Å². The standard InChI is InChI=1S/C19H21FN4O5/c1-10(25)24-9-13(26)7-14(24)17-22-15(16(27)19(29)23(17)2)18(28)21-8-11-3-5-12(20)6-4-11/h3-6,13-14,26-27H,7-9H2,1-2H3,(H,21,28)/t13-,14-/m1/s1. The van der Waals surface area contributed by atoms with E-state index in [-0.39, 0.29) is 31.2 Å². The molecule has 1 aliphatic heterocycles. The number of nitrogens with one attached hydrogen (secondary N) is 1. The van der Waals surface area contributed by atoms with Crippen molar-refractivity contribution in [3.63, 3.8) is 0 Å². The summed E-state index contributed by atoms with van der Waals surface area (Å²) in [5.74, 6) is -2.24. The summed E-state index contributed by atoms with van der Waals surface area (Å²) in [7, 11) is 1.37. The number of aliphatic hydroxyl groups is 1. The molecule has 154 valence electrons. The third-order valence-electron chi connectivity index (χ3n) is 4.86. The van der Waals surface area contributed by atoms with Crippen molar-refractivity contribution in [2.75, 3.05) is 6.54 Å². The first-order valence-corrected chi connectivity index (χ1v) is 8.96. The maximum Gasteiger partial charge on any atom is 0.296 e. The van der Waals surface area contributed by atoms with Gasteiger partial charge in [-0.1, -0.05) is 12.1 Å². The van der Waals surface area contributed by atoms with Gasteiger partial charge >= 0.3 is 0 Å². The molecule has 0 spiro atoms. The van der Waals surface area contributed by atoms with Gasteiger partial charge in [0.25, 0.3) is 11.5 Å². The van der Waals surface area contributed by atoms with Gasteiger partial charge in [0, 0.05) is 33.5 Å². The van der Waals surface area contributed by atoms with Crippen molar-refractivity contribution < 1.29 is 24.2 Å². The maximum atomic E-state index is 13.0. The number of nitrogens with zero attached hydrogens (tertiary/aromatic N) is 3. The molecule has 0 aliphatic carbocycles. The lowest BCUT2D eigenvalue weighted by Crippen LogP contribution is -2.35. The van der Waals surface area contributed by atoms with Gasteiger partial charge in [-0.15, -0.1) is 0 Å². The van der Waals surface area contributed by atoms with Crippen molar-refractivity contribution in [2.24, 2.45) is 7.05 Å². The number of rotatable bonds is 4. The van der Waals surface area contributed by atoms with Gasteiger partial charge in [0.1, 0.15) is 11.6 Å². The van der Waals surface area contributed by atoms with Gasteiger partial charge in [-0.05, 0) is 17.7 Å². The number of β-amino-alcohol motifs (C(OH)–C–C–N with tert-alkyl or cyclic N) is 1. The topological polar surface area (TPSA) is 125 Å². The van der Waals surface area contributed by atoms with Crippen LogP contribution in [0.4, 0.5) is 4.39 Å². The van der Waals surface area contributed by atoms with Gasteiger partial charge in [0.15, 0.2) is 5.69 Å². The Hall–Kier alpha value is -3.27. The Labute approximate surface area is 165 Å². The molecule has 9 nitrogen and oxygen atoms in total. The number of aromatic hydroxyl groups is 1. The minimum absolute atomic E-state index is 0.0342. The average Bonchev–Trinajstić information content (AvgIpc) is 3.07. The Balaban J connectivity index is 1.91. The van der Waals surface area contributed by atoms with Crippen molar-refractivity contribution in [3.8, 4) is 5.75 Å². The molecule has 1 aliphatic rings. The first kappa shape index (κ1) is 20.5. The molecule has 1 aromatic carbocycles. The summed E-state index contributed by atoms with van der Waals surface area (Å²) in [5, 5.41) is 22.6. The fraction of sp³-hybridized carbons (Fsp3) is 0.368. The Morgan fingerprint density at radius 1 is 1.31 bits per heavy atom. The number of carbonyl (C=O) groups excluding carboxylic acids is 2. The number of likely N-dealkylation sites (tertiary alicyclic amines) is 1. The Bertz CT molecular complexity index is 1000.